The Kier molecular flexibility index (Phi) is 7.87. The average molecular weight is 570 g/mol. The molecule has 0 radical (unpaired) electrons. The van der Waals surface area contributed by atoms with Crippen molar-refractivity contribution in [2.24, 2.45) is 7.05 Å². The number of aromatic nitrogens is 7. The van der Waals surface area contributed by atoms with E-state index >= 15 is 0 Å². The van der Waals surface area contributed by atoms with E-state index in [4.69, 9.17) is 9.72 Å². The lowest BCUT2D eigenvalue weighted by Crippen LogP contribution is -2.39. The normalized spacial score (nSPS) is 18.4. The highest BCUT2D eigenvalue weighted by molar-refractivity contribution is 5.94. The molecule has 0 aliphatic carbocycles. The van der Waals surface area contributed by atoms with Gasteiger partial charge in [0.25, 0.3) is 0 Å². The molecular weight excluding hydrogens is 530 g/mol. The molecule has 2 aliphatic rings. The van der Waals surface area contributed by atoms with Gasteiger partial charge in [0.05, 0.1) is 29.3 Å². The summed E-state index contributed by atoms with van der Waals surface area (Å²) in [6.45, 7) is 9.53. The maximum Gasteiger partial charge on any atom is 0.227 e. The summed E-state index contributed by atoms with van der Waals surface area (Å²) in [5.74, 6) is 0.650. The first kappa shape index (κ1) is 28.2. The Hall–Kier alpha value is -3.96. The van der Waals surface area contributed by atoms with Gasteiger partial charge in [-0.25, -0.2) is 14.6 Å². The Balaban J connectivity index is 1.29. The molecule has 220 valence electrons. The van der Waals surface area contributed by atoms with Gasteiger partial charge in [0.15, 0.2) is 5.78 Å². The van der Waals surface area contributed by atoms with Crippen molar-refractivity contribution in [1.82, 2.24) is 39.6 Å². The zero-order valence-corrected chi connectivity index (χ0v) is 24.8. The molecule has 2 aliphatic heterocycles. The first-order valence-corrected chi connectivity index (χ1v) is 14.7. The molecule has 0 bridgehead atoms. The summed E-state index contributed by atoms with van der Waals surface area (Å²) in [6.07, 6.45) is 10.6. The number of ether oxygens (including phenoxy) is 1. The van der Waals surface area contributed by atoms with Gasteiger partial charge in [-0.3, -0.25) is 14.4 Å². The summed E-state index contributed by atoms with van der Waals surface area (Å²) < 4.78 is 9.16. The number of anilines is 2. The van der Waals surface area contributed by atoms with Gasteiger partial charge in [0, 0.05) is 57.2 Å². The number of fused-ring (bicyclic) bond motifs is 1. The predicted octanol–water partition coefficient (Wildman–Crippen LogP) is 4.71. The number of hydrogen-bond donors (Lipinski definition) is 1. The molecule has 6 rings (SSSR count). The molecule has 4 aromatic rings. The molecule has 11 nitrogen and oxygen atoms in total. The van der Waals surface area contributed by atoms with Gasteiger partial charge >= 0.3 is 0 Å². The molecule has 1 saturated heterocycles. The molecule has 0 saturated carbocycles. The molecular formula is C31H39N9O2. The number of nitrogens with zero attached hydrogens (tertiary/aromatic N) is 8. The summed E-state index contributed by atoms with van der Waals surface area (Å²) in [6, 6.07) is 8.97. The largest absolute Gasteiger partial charge is 0.381 e. The van der Waals surface area contributed by atoms with Crippen molar-refractivity contribution in [3.05, 3.63) is 65.9 Å². The van der Waals surface area contributed by atoms with Crippen LogP contribution in [0.1, 0.15) is 74.0 Å². The van der Waals surface area contributed by atoms with Crippen LogP contribution in [-0.2, 0) is 23.9 Å². The van der Waals surface area contributed by atoms with E-state index in [0.29, 0.717) is 24.1 Å². The van der Waals surface area contributed by atoms with Crippen molar-refractivity contribution in [3.63, 3.8) is 0 Å². The van der Waals surface area contributed by atoms with E-state index in [-0.39, 0.29) is 17.2 Å². The van der Waals surface area contributed by atoms with Crippen molar-refractivity contribution >= 4 is 17.4 Å². The van der Waals surface area contributed by atoms with Crippen LogP contribution in [0.2, 0.25) is 0 Å². The molecule has 1 aromatic carbocycles. The third kappa shape index (κ3) is 6.27. The van der Waals surface area contributed by atoms with E-state index in [1.807, 2.05) is 19.3 Å². The second kappa shape index (κ2) is 11.7. The number of ketones is 1. The number of benzene rings is 1. The van der Waals surface area contributed by atoms with Crippen molar-refractivity contribution in [1.29, 1.82) is 0 Å². The lowest BCUT2D eigenvalue weighted by molar-refractivity contribution is 0.0311. The minimum Gasteiger partial charge on any atom is -0.381 e. The summed E-state index contributed by atoms with van der Waals surface area (Å²) in [7, 11) is 1.87. The fourth-order valence-corrected chi connectivity index (χ4v) is 5.89. The predicted molar refractivity (Wildman–Crippen MR) is 160 cm³/mol. The highest BCUT2D eigenvalue weighted by Gasteiger charge is 2.30. The number of carbonyl (C=O) groups excluding carboxylic acids is 1. The van der Waals surface area contributed by atoms with Gasteiger partial charge in [-0.2, -0.15) is 5.10 Å². The smallest absolute Gasteiger partial charge is 0.227 e. The highest BCUT2D eigenvalue weighted by Crippen LogP contribution is 2.36. The fourth-order valence-electron chi connectivity index (χ4n) is 5.89. The SMILES string of the molecule is Cn1cc(Nc2nccc(-c3ccc4c(c3)CN(C3CCOCC3)CCC4CC(=O)c3cn(C(C)(C)C)nn3)n2)cn1. The maximum atomic E-state index is 13.5. The Labute approximate surface area is 246 Å². The Bertz CT molecular complexity index is 1550. The molecule has 1 N–H and O–H groups in total. The summed E-state index contributed by atoms with van der Waals surface area (Å²) >= 11 is 0. The van der Waals surface area contributed by atoms with E-state index in [2.05, 4.69) is 69.6 Å². The lowest BCUT2D eigenvalue weighted by atomic mass is 9.87. The van der Waals surface area contributed by atoms with E-state index < -0.39 is 0 Å². The molecule has 0 spiro atoms. The standard InChI is InChI=1S/C31H39N9O2/c1-31(2,3)40-20-28(36-37-40)29(41)16-21-8-12-39(25-9-13-42-14-10-25)18-23-15-22(5-6-26(21)23)27-7-11-32-30(35-27)34-24-17-33-38(4)19-24/h5-7,11,15,17,19-21,25H,8-10,12-14,16,18H2,1-4H3,(H,32,34,35). The van der Waals surface area contributed by atoms with Crippen LogP contribution >= 0.6 is 0 Å². The Morgan fingerprint density at radius 1 is 1.12 bits per heavy atom. The molecule has 0 amide bonds. The number of Topliss-reactive ketones (excluding diaryl/α,β-unsaturated/α-hetero) is 1. The van der Waals surface area contributed by atoms with Crippen molar-refractivity contribution in [2.75, 3.05) is 25.1 Å². The highest BCUT2D eigenvalue weighted by atomic mass is 16.5. The molecule has 3 aromatic heterocycles. The first-order valence-electron chi connectivity index (χ1n) is 14.7. The monoisotopic (exact) mass is 569 g/mol. The summed E-state index contributed by atoms with van der Waals surface area (Å²) in [4.78, 5) is 25.2. The minimum absolute atomic E-state index is 0.0342. The third-order valence-electron chi connectivity index (χ3n) is 8.24. The lowest BCUT2D eigenvalue weighted by Gasteiger charge is -2.33. The van der Waals surface area contributed by atoms with Gasteiger partial charge in [-0.15, -0.1) is 5.10 Å². The van der Waals surface area contributed by atoms with Gasteiger partial charge in [-0.05, 0) is 75.8 Å². The van der Waals surface area contributed by atoms with E-state index in [0.717, 1.165) is 62.5 Å². The van der Waals surface area contributed by atoms with Crippen LogP contribution in [0.15, 0.2) is 49.1 Å². The fraction of sp³-hybridized carbons (Fsp3) is 0.484. The number of hydrogen-bond acceptors (Lipinski definition) is 9. The van der Waals surface area contributed by atoms with E-state index in [1.54, 1.807) is 28.0 Å². The number of aryl methyl sites for hydroxylation is 1. The zero-order chi connectivity index (χ0) is 29.3. The zero-order valence-electron chi connectivity index (χ0n) is 24.8. The number of rotatable bonds is 7. The molecule has 1 fully saturated rings. The first-order chi connectivity index (χ1) is 20.2. The van der Waals surface area contributed by atoms with Crippen LogP contribution < -0.4 is 5.32 Å². The van der Waals surface area contributed by atoms with Crippen LogP contribution in [0.25, 0.3) is 11.3 Å². The Morgan fingerprint density at radius 3 is 2.69 bits per heavy atom. The quantitative estimate of drug-likeness (QED) is 0.316. The summed E-state index contributed by atoms with van der Waals surface area (Å²) in [5.41, 5.74) is 5.38. The van der Waals surface area contributed by atoms with Gasteiger partial charge < -0.3 is 10.1 Å². The second-order valence-electron chi connectivity index (χ2n) is 12.4. The molecule has 11 heteroatoms. The van der Waals surface area contributed by atoms with Crippen LogP contribution in [0.4, 0.5) is 11.6 Å². The van der Waals surface area contributed by atoms with Gasteiger partial charge in [-0.1, -0.05) is 17.3 Å². The van der Waals surface area contributed by atoms with E-state index in [9.17, 15) is 4.79 Å². The van der Waals surface area contributed by atoms with Crippen molar-refractivity contribution < 1.29 is 9.53 Å². The van der Waals surface area contributed by atoms with Gasteiger partial charge in [0.2, 0.25) is 5.95 Å². The third-order valence-corrected chi connectivity index (χ3v) is 8.24. The van der Waals surface area contributed by atoms with Crippen LogP contribution in [0, 0.1) is 0 Å². The molecule has 5 heterocycles. The van der Waals surface area contributed by atoms with Crippen molar-refractivity contribution in [2.45, 2.75) is 70.5 Å². The summed E-state index contributed by atoms with van der Waals surface area (Å²) in [5, 5.41) is 15.9. The topological polar surface area (TPSA) is 116 Å². The molecule has 1 unspecified atom stereocenters. The molecule has 42 heavy (non-hydrogen) atoms. The number of carbonyl (C=O) groups is 1. The van der Waals surface area contributed by atoms with E-state index in [1.165, 1.54) is 11.1 Å². The second-order valence-corrected chi connectivity index (χ2v) is 12.4. The van der Waals surface area contributed by atoms with Crippen molar-refractivity contribution in [3.8, 4) is 11.3 Å². The minimum atomic E-state index is -0.227. The van der Waals surface area contributed by atoms with Crippen LogP contribution in [0.3, 0.4) is 0 Å². The molecule has 1 atom stereocenters. The van der Waals surface area contributed by atoms with Crippen LogP contribution in [0.5, 0.6) is 0 Å². The van der Waals surface area contributed by atoms with Gasteiger partial charge in [0.1, 0.15) is 5.69 Å². The Morgan fingerprint density at radius 2 is 1.95 bits per heavy atom. The maximum absolute atomic E-state index is 13.5. The van der Waals surface area contributed by atoms with Crippen LogP contribution in [-0.4, -0.2) is 71.2 Å². The average Bonchev–Trinajstić information content (AvgIpc) is 3.61. The number of nitrogens with one attached hydrogen (secondary N) is 1.